The number of nitrogens with one attached hydrogen (secondary N) is 1. The number of benzene rings is 1. The second-order valence-corrected chi connectivity index (χ2v) is 6.50. The fourth-order valence-corrected chi connectivity index (χ4v) is 3.66. The van der Waals surface area contributed by atoms with Crippen molar-refractivity contribution >= 4 is 17.5 Å². The van der Waals surface area contributed by atoms with Crippen molar-refractivity contribution in [2.24, 2.45) is 0 Å². The molecule has 1 aromatic carbocycles. The predicted octanol–water partition coefficient (Wildman–Crippen LogP) is 3.70. The molecule has 0 saturated heterocycles. The van der Waals surface area contributed by atoms with Crippen molar-refractivity contribution < 1.29 is 0 Å². The summed E-state index contributed by atoms with van der Waals surface area (Å²) in [6.45, 7) is 0.925. The Balaban J connectivity index is 1.53. The summed E-state index contributed by atoms with van der Waals surface area (Å²) in [7, 11) is 0. The Morgan fingerprint density at radius 1 is 1.04 bits per heavy atom. The molecule has 5 nitrogen and oxygen atoms in total. The summed E-state index contributed by atoms with van der Waals surface area (Å²) in [6, 6.07) is 8.99. The van der Waals surface area contributed by atoms with Gasteiger partial charge in [0.25, 0.3) is 5.95 Å². The highest BCUT2D eigenvalue weighted by molar-refractivity contribution is 5.65. The van der Waals surface area contributed by atoms with Crippen LogP contribution in [0.4, 0.5) is 17.5 Å². The lowest BCUT2D eigenvalue weighted by Gasteiger charge is -2.19. The third-order valence-corrected chi connectivity index (χ3v) is 4.88. The van der Waals surface area contributed by atoms with Gasteiger partial charge in [-0.1, -0.05) is 43.9 Å². The second kappa shape index (κ2) is 6.52. The molecule has 0 atom stereocenters. The van der Waals surface area contributed by atoms with Crippen molar-refractivity contribution in [1.82, 2.24) is 15.2 Å². The summed E-state index contributed by atoms with van der Waals surface area (Å²) in [5.74, 6) is 1.56. The van der Waals surface area contributed by atoms with E-state index in [1.807, 2.05) is 0 Å². The number of aromatic nitrogens is 3. The number of rotatable bonds is 3. The highest BCUT2D eigenvalue weighted by Gasteiger charge is 2.22. The van der Waals surface area contributed by atoms with Crippen LogP contribution in [0.2, 0.25) is 0 Å². The van der Waals surface area contributed by atoms with E-state index in [0.29, 0.717) is 12.0 Å². The van der Waals surface area contributed by atoms with Crippen molar-refractivity contribution in [3.05, 3.63) is 36.0 Å². The number of hydrogen-bond acceptors (Lipinski definition) is 5. The van der Waals surface area contributed by atoms with Gasteiger partial charge < -0.3 is 10.2 Å². The number of para-hydroxylation sites is 1. The van der Waals surface area contributed by atoms with Crippen LogP contribution in [0.5, 0.6) is 0 Å². The first kappa shape index (κ1) is 14.4. The number of anilines is 3. The second-order valence-electron chi connectivity index (χ2n) is 6.50. The van der Waals surface area contributed by atoms with E-state index >= 15 is 0 Å². The Hall–Kier alpha value is -2.17. The lowest BCUT2D eigenvalue weighted by Crippen LogP contribution is -2.22. The van der Waals surface area contributed by atoms with Crippen LogP contribution in [-0.2, 0) is 6.42 Å². The van der Waals surface area contributed by atoms with Gasteiger partial charge in [0.05, 0.1) is 6.20 Å². The standard InChI is InChI=1S/C18H23N5/c1-2-4-9-15(8-3-1)20-17-13-19-22-18(21-17)23-12-11-14-7-5-6-10-16(14)23/h5-7,10,13,15H,1-4,8-9,11-12H2,(H,20,21,22). The molecular formula is C18H23N5. The quantitative estimate of drug-likeness (QED) is 0.876. The molecule has 4 rings (SSSR count). The summed E-state index contributed by atoms with van der Waals surface area (Å²) < 4.78 is 0. The van der Waals surface area contributed by atoms with E-state index in [0.717, 1.165) is 18.8 Å². The largest absolute Gasteiger partial charge is 0.366 e. The van der Waals surface area contributed by atoms with Crippen LogP contribution >= 0.6 is 0 Å². The molecule has 0 spiro atoms. The molecule has 0 radical (unpaired) electrons. The molecule has 2 aliphatic rings. The Kier molecular flexibility index (Phi) is 4.09. The summed E-state index contributed by atoms with van der Waals surface area (Å²) in [5.41, 5.74) is 2.57. The normalized spacial score (nSPS) is 18.5. The summed E-state index contributed by atoms with van der Waals surface area (Å²) in [4.78, 5) is 6.89. The zero-order valence-corrected chi connectivity index (χ0v) is 13.4. The number of nitrogens with zero attached hydrogens (tertiary/aromatic N) is 4. The molecule has 23 heavy (non-hydrogen) atoms. The van der Waals surface area contributed by atoms with Gasteiger partial charge in [-0.25, -0.2) is 0 Å². The molecular weight excluding hydrogens is 286 g/mol. The molecule has 120 valence electrons. The van der Waals surface area contributed by atoms with Gasteiger partial charge in [0, 0.05) is 18.3 Å². The number of hydrogen-bond donors (Lipinski definition) is 1. The Morgan fingerprint density at radius 3 is 2.74 bits per heavy atom. The third kappa shape index (κ3) is 3.14. The maximum absolute atomic E-state index is 4.72. The zero-order chi connectivity index (χ0) is 15.5. The lowest BCUT2D eigenvalue weighted by molar-refractivity contribution is 0.616. The highest BCUT2D eigenvalue weighted by atomic mass is 15.3. The van der Waals surface area contributed by atoms with Crippen LogP contribution in [0.1, 0.15) is 44.1 Å². The Labute approximate surface area is 137 Å². The predicted molar refractivity (Wildman–Crippen MR) is 92.1 cm³/mol. The molecule has 1 saturated carbocycles. The van der Waals surface area contributed by atoms with Crippen LogP contribution in [0.25, 0.3) is 0 Å². The SMILES string of the molecule is c1ccc2c(c1)CCN2c1nncc(NC2CCCCCC2)n1. The molecule has 0 amide bonds. The average Bonchev–Trinajstić information content (AvgIpc) is 2.85. The van der Waals surface area contributed by atoms with Gasteiger partial charge in [-0.05, 0) is 30.9 Å². The van der Waals surface area contributed by atoms with Crippen molar-refractivity contribution in [2.75, 3.05) is 16.8 Å². The van der Waals surface area contributed by atoms with Crippen LogP contribution in [0, 0.1) is 0 Å². The molecule has 0 bridgehead atoms. The minimum Gasteiger partial charge on any atom is -0.366 e. The van der Waals surface area contributed by atoms with E-state index in [9.17, 15) is 0 Å². The van der Waals surface area contributed by atoms with Crippen LogP contribution in [0.3, 0.4) is 0 Å². The smallest absolute Gasteiger partial charge is 0.251 e. The van der Waals surface area contributed by atoms with E-state index in [1.165, 1.54) is 49.8 Å². The maximum Gasteiger partial charge on any atom is 0.251 e. The average molecular weight is 309 g/mol. The molecule has 1 aliphatic heterocycles. The zero-order valence-electron chi connectivity index (χ0n) is 13.4. The Bertz CT molecular complexity index is 664. The van der Waals surface area contributed by atoms with E-state index in [2.05, 4.69) is 44.7 Å². The lowest BCUT2D eigenvalue weighted by atomic mass is 10.1. The molecule has 2 heterocycles. The van der Waals surface area contributed by atoms with Gasteiger partial charge in [0.1, 0.15) is 0 Å². The van der Waals surface area contributed by atoms with Crippen LogP contribution < -0.4 is 10.2 Å². The first-order chi connectivity index (χ1) is 11.4. The van der Waals surface area contributed by atoms with Gasteiger partial charge in [0.2, 0.25) is 0 Å². The topological polar surface area (TPSA) is 53.9 Å². The molecule has 2 aromatic rings. The minimum atomic E-state index is 0.521. The van der Waals surface area contributed by atoms with Crippen LogP contribution in [0.15, 0.2) is 30.5 Å². The molecule has 1 fully saturated rings. The summed E-state index contributed by atoms with van der Waals surface area (Å²) in [5, 5.41) is 12.0. The number of fused-ring (bicyclic) bond motifs is 1. The molecule has 1 N–H and O–H groups in total. The van der Waals surface area contributed by atoms with E-state index in [4.69, 9.17) is 4.98 Å². The van der Waals surface area contributed by atoms with Gasteiger partial charge in [0.15, 0.2) is 5.82 Å². The van der Waals surface area contributed by atoms with E-state index < -0.39 is 0 Å². The van der Waals surface area contributed by atoms with Gasteiger partial charge in [-0.2, -0.15) is 10.1 Å². The van der Waals surface area contributed by atoms with Crippen molar-refractivity contribution in [1.29, 1.82) is 0 Å². The molecule has 5 heteroatoms. The molecule has 1 aliphatic carbocycles. The molecule has 0 unspecified atom stereocenters. The van der Waals surface area contributed by atoms with E-state index in [1.54, 1.807) is 6.20 Å². The van der Waals surface area contributed by atoms with Gasteiger partial charge >= 0.3 is 0 Å². The summed E-state index contributed by atoms with van der Waals surface area (Å²) >= 11 is 0. The first-order valence-electron chi connectivity index (χ1n) is 8.72. The monoisotopic (exact) mass is 309 g/mol. The van der Waals surface area contributed by atoms with E-state index in [-0.39, 0.29) is 0 Å². The van der Waals surface area contributed by atoms with Crippen molar-refractivity contribution in [3.63, 3.8) is 0 Å². The Morgan fingerprint density at radius 2 is 1.87 bits per heavy atom. The highest BCUT2D eigenvalue weighted by Crippen LogP contribution is 2.32. The summed E-state index contributed by atoms with van der Waals surface area (Å²) in [6.07, 6.45) is 10.6. The maximum atomic E-state index is 4.72. The van der Waals surface area contributed by atoms with Crippen molar-refractivity contribution in [2.45, 2.75) is 51.0 Å². The van der Waals surface area contributed by atoms with Gasteiger partial charge in [-0.15, -0.1) is 5.10 Å². The first-order valence-corrected chi connectivity index (χ1v) is 8.72. The minimum absolute atomic E-state index is 0.521. The van der Waals surface area contributed by atoms with Gasteiger partial charge in [-0.3, -0.25) is 0 Å². The molecule has 1 aromatic heterocycles. The van der Waals surface area contributed by atoms with Crippen LogP contribution in [-0.4, -0.2) is 27.8 Å². The van der Waals surface area contributed by atoms with Crippen molar-refractivity contribution in [3.8, 4) is 0 Å². The fraction of sp³-hybridized carbons (Fsp3) is 0.500. The third-order valence-electron chi connectivity index (χ3n) is 4.88. The fourth-order valence-electron chi connectivity index (χ4n) is 3.66.